The van der Waals surface area contributed by atoms with Crippen molar-refractivity contribution < 1.29 is 29.4 Å². The van der Waals surface area contributed by atoms with Gasteiger partial charge in [-0.05, 0) is 13.8 Å². The third kappa shape index (κ3) is 7.22. The molecule has 0 rings (SSSR count). The molecule has 0 heterocycles. The summed E-state index contributed by atoms with van der Waals surface area (Å²) in [6, 6.07) is -3.14. The molecule has 10 nitrogen and oxygen atoms in total. The number of aliphatic hydroxyl groups is 1. The lowest BCUT2D eigenvalue weighted by atomic mass is 10.2. The molecule has 0 aliphatic carbocycles. The Morgan fingerprint density at radius 3 is 2.05 bits per heavy atom. The number of rotatable bonds is 8. The molecule has 21 heavy (non-hydrogen) atoms. The Morgan fingerprint density at radius 2 is 1.62 bits per heavy atom. The SMILES string of the molecule is CC(N)C(=O)NC(CO)C(=O)NC(C)C(=O)NCC(=O)O. The molecule has 0 fully saturated rings. The van der Waals surface area contributed by atoms with Gasteiger partial charge in [0.15, 0.2) is 0 Å². The molecule has 3 atom stereocenters. The Balaban J connectivity index is 4.45. The number of carbonyl (C=O) groups excluding carboxylic acids is 3. The van der Waals surface area contributed by atoms with Crippen molar-refractivity contribution in [2.24, 2.45) is 5.73 Å². The molecular formula is C11H20N4O6. The minimum Gasteiger partial charge on any atom is -0.480 e. The van der Waals surface area contributed by atoms with Gasteiger partial charge in [0.1, 0.15) is 18.6 Å². The number of nitrogens with two attached hydrogens (primary N) is 1. The summed E-state index contributed by atoms with van der Waals surface area (Å²) in [4.78, 5) is 44.9. The molecule has 3 unspecified atom stereocenters. The molecule has 7 N–H and O–H groups in total. The summed E-state index contributed by atoms with van der Waals surface area (Å²) >= 11 is 0. The summed E-state index contributed by atoms with van der Waals surface area (Å²) in [7, 11) is 0. The summed E-state index contributed by atoms with van der Waals surface area (Å²) in [6.07, 6.45) is 0. The van der Waals surface area contributed by atoms with Gasteiger partial charge in [-0.25, -0.2) is 0 Å². The average Bonchev–Trinajstić information content (AvgIpc) is 2.40. The standard InChI is InChI=1S/C11H20N4O6/c1-5(12)9(19)15-7(4-16)11(21)14-6(2)10(20)13-3-8(17)18/h5-7,16H,3-4,12H2,1-2H3,(H,13,20)(H,14,21)(H,15,19)(H,17,18). The van der Waals surface area contributed by atoms with Gasteiger partial charge in [0.2, 0.25) is 17.7 Å². The third-order valence-electron chi connectivity index (χ3n) is 2.40. The summed E-state index contributed by atoms with van der Waals surface area (Å²) in [5, 5.41) is 24.0. The fourth-order valence-corrected chi connectivity index (χ4v) is 1.19. The number of nitrogens with one attached hydrogen (secondary N) is 3. The fourth-order valence-electron chi connectivity index (χ4n) is 1.19. The van der Waals surface area contributed by atoms with Crippen molar-refractivity contribution in [2.45, 2.75) is 32.0 Å². The zero-order valence-electron chi connectivity index (χ0n) is 11.8. The first-order valence-corrected chi connectivity index (χ1v) is 6.15. The van der Waals surface area contributed by atoms with Crippen molar-refractivity contribution in [3.05, 3.63) is 0 Å². The Labute approximate surface area is 121 Å². The minimum atomic E-state index is -1.25. The summed E-state index contributed by atoms with van der Waals surface area (Å²) in [5.41, 5.74) is 5.31. The number of carbonyl (C=O) groups is 4. The quantitative estimate of drug-likeness (QED) is 0.270. The third-order valence-corrected chi connectivity index (χ3v) is 2.40. The highest BCUT2D eigenvalue weighted by molar-refractivity contribution is 5.93. The first-order chi connectivity index (χ1) is 9.68. The van der Waals surface area contributed by atoms with Gasteiger partial charge in [0.05, 0.1) is 12.6 Å². The van der Waals surface area contributed by atoms with Crippen LogP contribution in [0.4, 0.5) is 0 Å². The Hall–Kier alpha value is -2.20. The van der Waals surface area contributed by atoms with Crippen LogP contribution < -0.4 is 21.7 Å². The Bertz CT molecular complexity index is 412. The number of hydrogen-bond acceptors (Lipinski definition) is 6. The molecule has 0 saturated heterocycles. The van der Waals surface area contributed by atoms with E-state index >= 15 is 0 Å². The maximum atomic E-state index is 11.8. The van der Waals surface area contributed by atoms with Crippen molar-refractivity contribution in [1.29, 1.82) is 0 Å². The van der Waals surface area contributed by atoms with Crippen LogP contribution >= 0.6 is 0 Å². The molecule has 0 bridgehead atoms. The van der Waals surface area contributed by atoms with E-state index in [4.69, 9.17) is 15.9 Å². The van der Waals surface area contributed by atoms with E-state index in [9.17, 15) is 19.2 Å². The maximum absolute atomic E-state index is 11.8. The minimum absolute atomic E-state index is 0.579. The van der Waals surface area contributed by atoms with Crippen LogP contribution in [0.15, 0.2) is 0 Å². The Morgan fingerprint density at radius 1 is 1.05 bits per heavy atom. The highest BCUT2D eigenvalue weighted by atomic mass is 16.4. The smallest absolute Gasteiger partial charge is 0.322 e. The van der Waals surface area contributed by atoms with Crippen LogP contribution in [0.5, 0.6) is 0 Å². The van der Waals surface area contributed by atoms with Crippen LogP contribution in [-0.2, 0) is 19.2 Å². The zero-order valence-corrected chi connectivity index (χ0v) is 11.8. The van der Waals surface area contributed by atoms with Crippen molar-refractivity contribution >= 4 is 23.7 Å². The van der Waals surface area contributed by atoms with E-state index in [1.165, 1.54) is 13.8 Å². The van der Waals surface area contributed by atoms with Gasteiger partial charge >= 0.3 is 5.97 Å². The highest BCUT2D eigenvalue weighted by Crippen LogP contribution is 1.89. The number of aliphatic carboxylic acids is 1. The number of carboxylic acid groups (broad SMARTS) is 1. The van der Waals surface area contributed by atoms with Gasteiger partial charge < -0.3 is 31.9 Å². The molecule has 0 spiro atoms. The van der Waals surface area contributed by atoms with Crippen LogP contribution in [0.1, 0.15) is 13.8 Å². The summed E-state index contributed by atoms with van der Waals surface area (Å²) < 4.78 is 0. The van der Waals surface area contributed by atoms with E-state index < -0.39 is 55.0 Å². The lowest BCUT2D eigenvalue weighted by Gasteiger charge is -2.20. The second-order valence-corrected chi connectivity index (χ2v) is 4.37. The first-order valence-electron chi connectivity index (χ1n) is 6.15. The van der Waals surface area contributed by atoms with Crippen LogP contribution in [-0.4, -0.2) is 65.2 Å². The van der Waals surface area contributed by atoms with Crippen molar-refractivity contribution in [1.82, 2.24) is 16.0 Å². The molecule has 0 saturated carbocycles. The molecule has 0 aliphatic heterocycles. The zero-order chi connectivity index (χ0) is 16.6. The Kier molecular flexibility index (Phi) is 7.94. The topological polar surface area (TPSA) is 171 Å². The van der Waals surface area contributed by atoms with Crippen LogP contribution in [0.3, 0.4) is 0 Å². The van der Waals surface area contributed by atoms with E-state index in [0.29, 0.717) is 0 Å². The first kappa shape index (κ1) is 18.8. The van der Waals surface area contributed by atoms with Gasteiger partial charge in [-0.1, -0.05) is 0 Å². The molecule has 120 valence electrons. The number of carboxylic acids is 1. The van der Waals surface area contributed by atoms with Crippen LogP contribution in [0.25, 0.3) is 0 Å². The average molecular weight is 304 g/mol. The molecule has 0 aromatic heterocycles. The van der Waals surface area contributed by atoms with Gasteiger partial charge in [-0.3, -0.25) is 19.2 Å². The lowest BCUT2D eigenvalue weighted by molar-refractivity contribution is -0.138. The number of hydrogen-bond donors (Lipinski definition) is 6. The normalized spacial score (nSPS) is 14.5. The molecule has 0 radical (unpaired) electrons. The molecular weight excluding hydrogens is 284 g/mol. The number of aliphatic hydroxyl groups excluding tert-OH is 1. The van der Waals surface area contributed by atoms with Gasteiger partial charge in [0, 0.05) is 0 Å². The summed E-state index contributed by atoms with van der Waals surface area (Å²) in [6.45, 7) is 1.48. The predicted octanol–water partition coefficient (Wildman–Crippen LogP) is -3.48. The molecule has 0 aromatic carbocycles. The van der Waals surface area contributed by atoms with Gasteiger partial charge in [-0.15, -0.1) is 0 Å². The highest BCUT2D eigenvalue weighted by Gasteiger charge is 2.24. The maximum Gasteiger partial charge on any atom is 0.322 e. The van der Waals surface area contributed by atoms with Crippen LogP contribution in [0, 0.1) is 0 Å². The van der Waals surface area contributed by atoms with Gasteiger partial charge in [0.25, 0.3) is 0 Å². The number of amides is 3. The molecule has 0 aromatic rings. The van der Waals surface area contributed by atoms with E-state index in [1.54, 1.807) is 0 Å². The predicted molar refractivity (Wildman–Crippen MR) is 70.9 cm³/mol. The molecule has 10 heteroatoms. The van der Waals surface area contributed by atoms with Crippen LogP contribution in [0.2, 0.25) is 0 Å². The van der Waals surface area contributed by atoms with E-state index in [0.717, 1.165) is 0 Å². The second-order valence-electron chi connectivity index (χ2n) is 4.37. The van der Waals surface area contributed by atoms with E-state index in [-0.39, 0.29) is 0 Å². The summed E-state index contributed by atoms with van der Waals surface area (Å²) in [5.74, 6) is -3.35. The van der Waals surface area contributed by atoms with E-state index in [2.05, 4.69) is 16.0 Å². The van der Waals surface area contributed by atoms with Crippen molar-refractivity contribution in [3.8, 4) is 0 Å². The van der Waals surface area contributed by atoms with Crippen molar-refractivity contribution in [3.63, 3.8) is 0 Å². The van der Waals surface area contributed by atoms with Gasteiger partial charge in [-0.2, -0.15) is 0 Å². The monoisotopic (exact) mass is 304 g/mol. The van der Waals surface area contributed by atoms with Crippen molar-refractivity contribution in [2.75, 3.05) is 13.2 Å². The molecule has 0 aliphatic rings. The molecule has 3 amide bonds. The second kappa shape index (κ2) is 8.87. The largest absolute Gasteiger partial charge is 0.480 e. The lowest BCUT2D eigenvalue weighted by Crippen LogP contribution is -2.56. The van der Waals surface area contributed by atoms with E-state index in [1.807, 2.05) is 0 Å². The fraction of sp³-hybridized carbons (Fsp3) is 0.636.